The summed E-state index contributed by atoms with van der Waals surface area (Å²) in [6.45, 7) is 6.68. The molecule has 1 fully saturated rings. The zero-order valence-electron chi connectivity index (χ0n) is 13.1. The third kappa shape index (κ3) is 3.15. The number of nitrogen functional groups attached to an aromatic ring is 1. The maximum atomic E-state index is 7.95. The molecule has 1 unspecified atom stereocenters. The third-order valence-corrected chi connectivity index (χ3v) is 4.08. The van der Waals surface area contributed by atoms with Crippen LogP contribution >= 0.6 is 0 Å². The molecule has 1 aromatic heterocycles. The van der Waals surface area contributed by atoms with Gasteiger partial charge in [-0.15, -0.1) is 5.10 Å². The molecule has 1 aliphatic heterocycles. The van der Waals surface area contributed by atoms with Gasteiger partial charge in [0.2, 0.25) is 0 Å². The van der Waals surface area contributed by atoms with E-state index in [1.54, 1.807) is 7.11 Å². The Morgan fingerprint density at radius 1 is 1.38 bits per heavy atom. The van der Waals surface area contributed by atoms with Gasteiger partial charge in [0.05, 0.1) is 17.9 Å². The minimum absolute atomic E-state index is 0.0849. The molecule has 6 heteroatoms. The van der Waals surface area contributed by atoms with Crippen molar-refractivity contribution in [2.24, 2.45) is 11.7 Å². The van der Waals surface area contributed by atoms with Crippen molar-refractivity contribution >= 4 is 11.7 Å². The summed E-state index contributed by atoms with van der Waals surface area (Å²) in [6.07, 6.45) is 2.70. The Morgan fingerprint density at radius 3 is 2.71 bits per heavy atom. The maximum absolute atomic E-state index is 7.95. The molecule has 0 bridgehead atoms. The van der Waals surface area contributed by atoms with Crippen molar-refractivity contribution in [1.29, 1.82) is 5.41 Å². The second-order valence-electron chi connectivity index (χ2n) is 5.50. The van der Waals surface area contributed by atoms with E-state index in [4.69, 9.17) is 15.9 Å². The smallest absolute Gasteiger partial charge is 0.162 e. The number of nitrogens with two attached hydrogens (primary N) is 1. The van der Waals surface area contributed by atoms with Gasteiger partial charge in [-0.05, 0) is 24.8 Å². The molecule has 21 heavy (non-hydrogen) atoms. The van der Waals surface area contributed by atoms with Crippen LogP contribution < -0.4 is 10.6 Å². The summed E-state index contributed by atoms with van der Waals surface area (Å²) in [7, 11) is 1.73. The minimum Gasteiger partial charge on any atom is -0.384 e. The average Bonchev–Trinajstić information content (AvgIpc) is 2.94. The van der Waals surface area contributed by atoms with E-state index in [0.29, 0.717) is 5.92 Å². The molecule has 116 valence electrons. The number of hydrogen-bond donors (Lipinski definition) is 2. The number of nitrogens with one attached hydrogen (secondary N) is 1. The lowest BCUT2D eigenvalue weighted by atomic mass is 10.0. The third-order valence-electron chi connectivity index (χ3n) is 4.08. The van der Waals surface area contributed by atoms with Crippen molar-refractivity contribution < 1.29 is 4.74 Å². The number of rotatable bonds is 6. The number of ether oxygens (including phenoxy) is 1. The summed E-state index contributed by atoms with van der Waals surface area (Å²) >= 11 is 0. The molecular weight excluding hydrogens is 266 g/mol. The Morgan fingerprint density at radius 2 is 2.14 bits per heavy atom. The summed E-state index contributed by atoms with van der Waals surface area (Å²) in [5.74, 6) is 1.35. The molecule has 0 aliphatic carbocycles. The lowest BCUT2D eigenvalue weighted by Crippen LogP contribution is -2.28. The summed E-state index contributed by atoms with van der Waals surface area (Å²) in [5.41, 5.74) is 8.61. The first-order chi connectivity index (χ1) is 10.1. The van der Waals surface area contributed by atoms with Crippen LogP contribution in [0.25, 0.3) is 0 Å². The van der Waals surface area contributed by atoms with Gasteiger partial charge in [-0.3, -0.25) is 5.41 Å². The predicted molar refractivity (Wildman–Crippen MR) is 84.0 cm³/mol. The van der Waals surface area contributed by atoms with Crippen molar-refractivity contribution in [3.05, 3.63) is 16.8 Å². The van der Waals surface area contributed by atoms with Crippen molar-refractivity contribution in [1.82, 2.24) is 10.2 Å². The number of aryl methyl sites for hydroxylation is 1. The molecule has 6 nitrogen and oxygen atoms in total. The number of aromatic nitrogens is 2. The lowest BCUT2D eigenvalue weighted by Gasteiger charge is -2.22. The van der Waals surface area contributed by atoms with Crippen molar-refractivity contribution in [3.8, 4) is 0 Å². The molecule has 1 aliphatic rings. The molecule has 0 saturated carbocycles. The van der Waals surface area contributed by atoms with Crippen molar-refractivity contribution in [2.75, 3.05) is 31.7 Å². The maximum Gasteiger partial charge on any atom is 0.162 e. The molecule has 2 heterocycles. The summed E-state index contributed by atoms with van der Waals surface area (Å²) in [6, 6.07) is 0. The highest BCUT2D eigenvalue weighted by atomic mass is 16.5. The Labute approximate surface area is 126 Å². The number of anilines is 1. The van der Waals surface area contributed by atoms with Gasteiger partial charge in [0, 0.05) is 26.1 Å². The highest BCUT2D eigenvalue weighted by Crippen LogP contribution is 2.28. The molecule has 0 radical (unpaired) electrons. The van der Waals surface area contributed by atoms with E-state index >= 15 is 0 Å². The van der Waals surface area contributed by atoms with Crippen LogP contribution in [-0.4, -0.2) is 42.8 Å². The molecule has 1 atom stereocenters. The molecule has 0 spiro atoms. The predicted octanol–water partition coefficient (Wildman–Crippen LogP) is 1.36. The highest BCUT2D eigenvalue weighted by Gasteiger charge is 2.28. The van der Waals surface area contributed by atoms with Gasteiger partial charge in [0.25, 0.3) is 0 Å². The van der Waals surface area contributed by atoms with E-state index in [9.17, 15) is 0 Å². The first-order valence-electron chi connectivity index (χ1n) is 7.58. The van der Waals surface area contributed by atoms with Crippen LogP contribution in [0.3, 0.4) is 0 Å². The van der Waals surface area contributed by atoms with Crippen molar-refractivity contribution in [2.45, 2.75) is 33.1 Å². The SMILES string of the molecule is CCc1nnc(N2CCC(COC)C2)c(C(=N)N)c1CC. The van der Waals surface area contributed by atoms with Gasteiger partial charge in [-0.1, -0.05) is 13.8 Å². The Kier molecular flexibility index (Phi) is 5.12. The van der Waals surface area contributed by atoms with Gasteiger partial charge in [0.15, 0.2) is 5.82 Å². The second kappa shape index (κ2) is 6.85. The number of methoxy groups -OCH3 is 1. The Balaban J connectivity index is 2.38. The molecule has 0 amide bonds. The number of nitrogens with zero attached hydrogens (tertiary/aromatic N) is 3. The van der Waals surface area contributed by atoms with Gasteiger partial charge in [-0.2, -0.15) is 5.10 Å². The Bertz CT molecular complexity index is 517. The van der Waals surface area contributed by atoms with Crippen LogP contribution in [0, 0.1) is 11.3 Å². The molecule has 1 saturated heterocycles. The fourth-order valence-corrected chi connectivity index (χ4v) is 3.06. The average molecular weight is 291 g/mol. The van der Waals surface area contributed by atoms with E-state index in [1.165, 1.54) is 0 Å². The molecule has 2 rings (SSSR count). The van der Waals surface area contributed by atoms with Gasteiger partial charge >= 0.3 is 0 Å². The first-order valence-corrected chi connectivity index (χ1v) is 7.58. The first kappa shape index (κ1) is 15.7. The number of amidine groups is 1. The van der Waals surface area contributed by atoms with Crippen LogP contribution in [0.2, 0.25) is 0 Å². The topological polar surface area (TPSA) is 88.1 Å². The zero-order chi connectivity index (χ0) is 15.4. The van der Waals surface area contributed by atoms with Gasteiger partial charge in [-0.25, -0.2) is 0 Å². The second-order valence-corrected chi connectivity index (χ2v) is 5.50. The fraction of sp³-hybridized carbons (Fsp3) is 0.667. The zero-order valence-corrected chi connectivity index (χ0v) is 13.1. The van der Waals surface area contributed by atoms with Crippen LogP contribution in [0.15, 0.2) is 0 Å². The van der Waals surface area contributed by atoms with Crippen LogP contribution in [-0.2, 0) is 17.6 Å². The number of hydrogen-bond acceptors (Lipinski definition) is 5. The molecule has 3 N–H and O–H groups in total. The highest BCUT2D eigenvalue weighted by molar-refractivity contribution is 6.01. The van der Waals surface area contributed by atoms with E-state index in [1.807, 2.05) is 0 Å². The van der Waals surface area contributed by atoms with Gasteiger partial charge in [0.1, 0.15) is 5.84 Å². The minimum atomic E-state index is 0.0849. The summed E-state index contributed by atoms with van der Waals surface area (Å²) in [4.78, 5) is 2.19. The molecule has 1 aromatic rings. The van der Waals surface area contributed by atoms with Crippen LogP contribution in [0.5, 0.6) is 0 Å². The van der Waals surface area contributed by atoms with Crippen LogP contribution in [0.4, 0.5) is 5.82 Å². The van der Waals surface area contributed by atoms with Crippen LogP contribution in [0.1, 0.15) is 37.1 Å². The Hall–Kier alpha value is -1.69. The van der Waals surface area contributed by atoms with E-state index in [-0.39, 0.29) is 5.84 Å². The normalized spacial score (nSPS) is 18.2. The summed E-state index contributed by atoms with van der Waals surface area (Å²) < 4.78 is 5.24. The van der Waals surface area contributed by atoms with Crippen molar-refractivity contribution in [3.63, 3.8) is 0 Å². The quantitative estimate of drug-likeness (QED) is 0.610. The fourth-order valence-electron chi connectivity index (χ4n) is 3.06. The summed E-state index contributed by atoms with van der Waals surface area (Å²) in [5, 5.41) is 16.7. The van der Waals surface area contributed by atoms with Gasteiger partial charge < -0.3 is 15.4 Å². The molecule has 0 aromatic carbocycles. The van der Waals surface area contributed by atoms with E-state index < -0.39 is 0 Å². The standard InChI is InChI=1S/C15H25N5O/c1-4-11-12(5-2)18-19-15(13(11)14(16)17)20-7-6-10(8-20)9-21-3/h10H,4-9H2,1-3H3,(H3,16,17). The largest absolute Gasteiger partial charge is 0.384 e. The monoisotopic (exact) mass is 291 g/mol. The molecular formula is C15H25N5O. The van der Waals surface area contributed by atoms with E-state index in [0.717, 1.165) is 61.6 Å². The lowest BCUT2D eigenvalue weighted by molar-refractivity contribution is 0.161. The van der Waals surface area contributed by atoms with E-state index in [2.05, 4.69) is 28.9 Å².